The van der Waals surface area contributed by atoms with Gasteiger partial charge in [-0.05, 0) is 36.6 Å². The third kappa shape index (κ3) is 1.16. The van der Waals surface area contributed by atoms with Gasteiger partial charge in [-0.15, -0.1) is 0 Å². The van der Waals surface area contributed by atoms with Crippen LogP contribution < -0.4 is 5.56 Å². The number of hydrogen-bond acceptors (Lipinski definition) is 2. The maximum atomic E-state index is 12.4. The topological polar surface area (TPSA) is 34.4 Å². The van der Waals surface area contributed by atoms with Gasteiger partial charge in [0.1, 0.15) is 5.65 Å². The van der Waals surface area contributed by atoms with Crippen LogP contribution in [0.3, 0.4) is 0 Å². The minimum Gasteiger partial charge on any atom is -0.304 e. The fourth-order valence-corrected chi connectivity index (χ4v) is 4.20. The van der Waals surface area contributed by atoms with Gasteiger partial charge in [0, 0.05) is 28.8 Å². The molecule has 0 amide bonds. The molecule has 0 N–H and O–H groups in total. The molecule has 5 rings (SSSR count). The highest BCUT2D eigenvalue weighted by molar-refractivity contribution is 5.93. The highest BCUT2D eigenvalue weighted by Crippen LogP contribution is 2.51. The SMILES string of the molecule is O=c1nc2c3ccccc3ccn2c2c1C1CCC2C1. The van der Waals surface area contributed by atoms with Gasteiger partial charge < -0.3 is 4.40 Å². The summed E-state index contributed by atoms with van der Waals surface area (Å²) in [5.41, 5.74) is 3.05. The van der Waals surface area contributed by atoms with Crippen molar-refractivity contribution in [1.29, 1.82) is 0 Å². The van der Waals surface area contributed by atoms with Crippen LogP contribution in [-0.4, -0.2) is 9.38 Å². The van der Waals surface area contributed by atoms with E-state index < -0.39 is 0 Å². The van der Waals surface area contributed by atoms with Gasteiger partial charge in [0.05, 0.1) is 0 Å². The summed E-state index contributed by atoms with van der Waals surface area (Å²) < 4.78 is 2.17. The van der Waals surface area contributed by atoms with Crippen LogP contribution in [0.25, 0.3) is 16.4 Å². The molecule has 0 radical (unpaired) electrons. The first-order valence-electron chi connectivity index (χ1n) is 7.27. The van der Waals surface area contributed by atoms with Crippen LogP contribution in [0.15, 0.2) is 41.3 Å². The van der Waals surface area contributed by atoms with Crippen molar-refractivity contribution in [1.82, 2.24) is 9.38 Å². The Morgan fingerprint density at radius 1 is 1.10 bits per heavy atom. The maximum Gasteiger partial charge on any atom is 0.276 e. The Balaban J connectivity index is 2.02. The van der Waals surface area contributed by atoms with E-state index in [9.17, 15) is 4.79 Å². The van der Waals surface area contributed by atoms with Gasteiger partial charge in [-0.25, -0.2) is 0 Å². The van der Waals surface area contributed by atoms with Crippen molar-refractivity contribution in [3.8, 4) is 0 Å². The minimum atomic E-state index is 0.00329. The first-order chi connectivity index (χ1) is 9.83. The molecule has 2 aromatic heterocycles. The highest BCUT2D eigenvalue weighted by Gasteiger charge is 2.40. The van der Waals surface area contributed by atoms with E-state index >= 15 is 0 Å². The fourth-order valence-electron chi connectivity index (χ4n) is 4.20. The average Bonchev–Trinajstić information content (AvgIpc) is 3.09. The zero-order chi connectivity index (χ0) is 13.3. The lowest BCUT2D eigenvalue weighted by molar-refractivity contribution is 0.677. The lowest BCUT2D eigenvalue weighted by atomic mass is 9.96. The summed E-state index contributed by atoms with van der Waals surface area (Å²) in [4.78, 5) is 16.8. The largest absolute Gasteiger partial charge is 0.304 e. The van der Waals surface area contributed by atoms with Crippen molar-refractivity contribution < 1.29 is 0 Å². The molecule has 2 heterocycles. The third-order valence-corrected chi connectivity index (χ3v) is 5.03. The van der Waals surface area contributed by atoms with E-state index in [-0.39, 0.29) is 5.56 Å². The molecule has 20 heavy (non-hydrogen) atoms. The lowest BCUT2D eigenvalue weighted by Gasteiger charge is -2.18. The van der Waals surface area contributed by atoms with Gasteiger partial charge in [0.2, 0.25) is 0 Å². The van der Waals surface area contributed by atoms with Gasteiger partial charge in [-0.2, -0.15) is 4.98 Å². The molecule has 2 unspecified atom stereocenters. The Labute approximate surface area is 115 Å². The van der Waals surface area contributed by atoms with Gasteiger partial charge in [-0.1, -0.05) is 24.3 Å². The van der Waals surface area contributed by atoms with E-state index in [2.05, 4.69) is 33.8 Å². The zero-order valence-electron chi connectivity index (χ0n) is 11.0. The number of rotatable bonds is 0. The van der Waals surface area contributed by atoms with Crippen LogP contribution in [0.2, 0.25) is 0 Å². The predicted octanol–water partition coefficient (Wildman–Crippen LogP) is 3.21. The highest BCUT2D eigenvalue weighted by atomic mass is 16.1. The first-order valence-corrected chi connectivity index (χ1v) is 7.27. The number of benzene rings is 1. The van der Waals surface area contributed by atoms with Crippen LogP contribution in [-0.2, 0) is 0 Å². The van der Waals surface area contributed by atoms with E-state index in [1.807, 2.05) is 12.1 Å². The van der Waals surface area contributed by atoms with Crippen LogP contribution in [0.5, 0.6) is 0 Å². The van der Waals surface area contributed by atoms with Crippen LogP contribution in [0, 0.1) is 0 Å². The maximum absolute atomic E-state index is 12.4. The molecule has 2 aliphatic carbocycles. The molecule has 3 heteroatoms. The Morgan fingerprint density at radius 2 is 1.95 bits per heavy atom. The van der Waals surface area contributed by atoms with E-state index in [4.69, 9.17) is 0 Å². The second-order valence-corrected chi connectivity index (χ2v) is 6.02. The molecule has 1 aromatic carbocycles. The van der Waals surface area contributed by atoms with E-state index in [0.29, 0.717) is 11.8 Å². The fraction of sp³-hybridized carbons (Fsp3) is 0.294. The summed E-state index contributed by atoms with van der Waals surface area (Å²) in [6.07, 6.45) is 5.61. The monoisotopic (exact) mass is 262 g/mol. The van der Waals surface area contributed by atoms with Crippen molar-refractivity contribution in [3.63, 3.8) is 0 Å². The van der Waals surface area contributed by atoms with Crippen molar-refractivity contribution in [3.05, 3.63) is 58.1 Å². The summed E-state index contributed by atoms with van der Waals surface area (Å²) in [7, 11) is 0. The zero-order valence-corrected chi connectivity index (χ0v) is 11.0. The number of hydrogen-bond donors (Lipinski definition) is 0. The molecular weight excluding hydrogens is 248 g/mol. The standard InChI is InChI=1S/C17H14N2O/c20-17-14-11-5-6-12(9-11)15(14)19-8-7-10-3-1-2-4-13(10)16(19)18-17/h1-4,7-8,11-12H,5-6,9H2. The Hall–Kier alpha value is -2.16. The summed E-state index contributed by atoms with van der Waals surface area (Å²) in [6.45, 7) is 0. The average molecular weight is 262 g/mol. The van der Waals surface area contributed by atoms with Crippen LogP contribution >= 0.6 is 0 Å². The molecule has 0 aliphatic heterocycles. The molecule has 98 valence electrons. The summed E-state index contributed by atoms with van der Waals surface area (Å²) in [5, 5.41) is 2.21. The van der Waals surface area contributed by atoms with E-state index in [0.717, 1.165) is 34.8 Å². The number of pyridine rings is 1. The second-order valence-electron chi connectivity index (χ2n) is 6.02. The lowest BCUT2D eigenvalue weighted by Crippen LogP contribution is -2.21. The summed E-state index contributed by atoms with van der Waals surface area (Å²) in [5.74, 6) is 1.01. The number of fused-ring (bicyclic) bond motifs is 9. The van der Waals surface area contributed by atoms with Crippen molar-refractivity contribution >= 4 is 16.4 Å². The molecule has 0 spiro atoms. The molecule has 1 fully saturated rings. The summed E-state index contributed by atoms with van der Waals surface area (Å²) in [6, 6.07) is 10.3. The van der Waals surface area contributed by atoms with E-state index in [1.54, 1.807) is 0 Å². The van der Waals surface area contributed by atoms with Gasteiger partial charge in [0.25, 0.3) is 5.56 Å². The van der Waals surface area contributed by atoms with E-state index in [1.165, 1.54) is 12.1 Å². The molecular formula is C17H14N2O. The normalized spacial score (nSPS) is 23.6. The third-order valence-electron chi connectivity index (χ3n) is 5.03. The van der Waals surface area contributed by atoms with Crippen molar-refractivity contribution in [2.45, 2.75) is 31.1 Å². The number of nitrogens with zero attached hydrogens (tertiary/aromatic N) is 2. The molecule has 2 atom stereocenters. The van der Waals surface area contributed by atoms with Crippen LogP contribution in [0.4, 0.5) is 0 Å². The van der Waals surface area contributed by atoms with Crippen molar-refractivity contribution in [2.75, 3.05) is 0 Å². The van der Waals surface area contributed by atoms with Gasteiger partial charge in [-0.3, -0.25) is 4.79 Å². The Bertz CT molecular complexity index is 925. The minimum absolute atomic E-state index is 0.00329. The van der Waals surface area contributed by atoms with Crippen LogP contribution in [0.1, 0.15) is 42.4 Å². The second kappa shape index (κ2) is 3.48. The molecule has 0 saturated heterocycles. The quantitative estimate of drug-likeness (QED) is 0.583. The molecule has 1 saturated carbocycles. The Morgan fingerprint density at radius 3 is 2.90 bits per heavy atom. The molecule has 3 aromatic rings. The van der Waals surface area contributed by atoms with Gasteiger partial charge in [0.15, 0.2) is 0 Å². The molecule has 3 nitrogen and oxygen atoms in total. The Kier molecular flexibility index (Phi) is 1.85. The van der Waals surface area contributed by atoms with Gasteiger partial charge >= 0.3 is 0 Å². The summed E-state index contributed by atoms with van der Waals surface area (Å²) >= 11 is 0. The predicted molar refractivity (Wildman–Crippen MR) is 78.3 cm³/mol. The molecule has 2 bridgehead atoms. The first kappa shape index (κ1) is 10.6. The van der Waals surface area contributed by atoms with Crippen molar-refractivity contribution in [2.24, 2.45) is 0 Å². The number of aromatic nitrogens is 2. The molecule has 2 aliphatic rings. The smallest absolute Gasteiger partial charge is 0.276 e.